The van der Waals surface area contributed by atoms with E-state index in [-0.39, 0.29) is 6.61 Å². The van der Waals surface area contributed by atoms with Crippen LogP contribution in [0.5, 0.6) is 0 Å². The van der Waals surface area contributed by atoms with Gasteiger partial charge in [0, 0.05) is 0 Å². The van der Waals surface area contributed by atoms with Crippen molar-refractivity contribution in [2.24, 2.45) is 0 Å². The minimum absolute atomic E-state index is 0.267. The van der Waals surface area contributed by atoms with E-state index >= 15 is 0 Å². The first kappa shape index (κ1) is 14.8. The Bertz CT molecular complexity index is 301. The lowest BCUT2D eigenvalue weighted by Gasteiger charge is -2.37. The second kappa shape index (κ2) is 6.07. The van der Waals surface area contributed by atoms with E-state index in [1.165, 1.54) is 0 Å². The molecular weight excluding hydrogens is 252 g/mol. The molecule has 0 aromatic heterocycles. The Labute approximate surface area is 101 Å². The molecule has 0 unspecified atom stereocenters. The number of hydrogen-bond donors (Lipinski definition) is 5. The number of aliphatic hydroxyl groups excluding tert-OH is 3. The van der Waals surface area contributed by atoms with E-state index < -0.39 is 49.1 Å². The van der Waals surface area contributed by atoms with Crippen LogP contribution < -0.4 is 0 Å². The quantitative estimate of drug-likeness (QED) is 0.328. The minimum atomic E-state index is -2.22. The fraction of sp³-hybridized carbons (Fsp3) is 0.778. The van der Waals surface area contributed by atoms with E-state index in [9.17, 15) is 19.8 Å². The van der Waals surface area contributed by atoms with Crippen LogP contribution in [-0.2, 0) is 19.1 Å². The lowest BCUT2D eigenvalue weighted by molar-refractivity contribution is -0.228. The summed E-state index contributed by atoms with van der Waals surface area (Å²) in [5.74, 6) is -3.52. The van der Waals surface area contributed by atoms with Gasteiger partial charge in [0.25, 0.3) is 6.10 Å². The molecule has 0 saturated carbocycles. The third-order valence-electron chi connectivity index (χ3n) is 2.50. The summed E-state index contributed by atoms with van der Waals surface area (Å²) in [6.45, 7) is -0.878. The second-order valence-corrected chi connectivity index (χ2v) is 3.77. The third-order valence-corrected chi connectivity index (χ3v) is 2.50. The molecule has 5 N–H and O–H groups in total. The summed E-state index contributed by atoms with van der Waals surface area (Å²) < 4.78 is 9.62. The predicted octanol–water partition coefficient (Wildman–Crippen LogP) is -2.98. The molecule has 1 fully saturated rings. The van der Waals surface area contributed by atoms with Crippen molar-refractivity contribution in [3.63, 3.8) is 0 Å². The van der Waals surface area contributed by atoms with Gasteiger partial charge in [-0.05, 0) is 0 Å². The number of aliphatic hydroxyl groups is 3. The zero-order valence-electron chi connectivity index (χ0n) is 9.17. The summed E-state index contributed by atoms with van der Waals surface area (Å²) in [5, 5.41) is 45.1. The minimum Gasteiger partial charge on any atom is -0.479 e. The molecule has 0 radical (unpaired) electrons. The second-order valence-electron chi connectivity index (χ2n) is 3.77. The number of ether oxygens (including phenoxy) is 2. The van der Waals surface area contributed by atoms with Crippen molar-refractivity contribution >= 4 is 11.9 Å². The van der Waals surface area contributed by atoms with Crippen LogP contribution in [0.4, 0.5) is 0 Å². The maximum Gasteiger partial charge on any atom is 0.344 e. The number of rotatable bonds is 5. The lowest BCUT2D eigenvalue weighted by atomic mass is 10.00. The van der Waals surface area contributed by atoms with Crippen LogP contribution >= 0.6 is 0 Å². The van der Waals surface area contributed by atoms with Gasteiger partial charge in [0.2, 0.25) is 0 Å². The smallest absolute Gasteiger partial charge is 0.344 e. The maximum absolute atomic E-state index is 10.6. The van der Waals surface area contributed by atoms with Crippen molar-refractivity contribution in [2.75, 3.05) is 13.2 Å². The van der Waals surface area contributed by atoms with Crippen molar-refractivity contribution in [1.29, 1.82) is 0 Å². The standard InChI is InChI=1S/C9H14O9/c10-1-4-6(5(12)3(11)2-17-4)18-7(8(13)14)9(15)16/h3-7,10-12H,1-2H2,(H,13,14)(H,15,16)/t3-,4+,5+,6-/m0/s1. The van der Waals surface area contributed by atoms with Crippen molar-refractivity contribution < 1.29 is 44.6 Å². The molecule has 0 amide bonds. The third kappa shape index (κ3) is 3.15. The number of carboxylic acid groups (broad SMARTS) is 2. The summed E-state index contributed by atoms with van der Waals surface area (Å²) >= 11 is 0. The Morgan fingerprint density at radius 1 is 1.28 bits per heavy atom. The molecule has 0 spiro atoms. The van der Waals surface area contributed by atoms with Gasteiger partial charge in [-0.1, -0.05) is 0 Å². The average Bonchev–Trinajstić information content (AvgIpc) is 2.30. The fourth-order valence-corrected chi connectivity index (χ4v) is 1.56. The largest absolute Gasteiger partial charge is 0.479 e. The molecule has 4 atom stereocenters. The highest BCUT2D eigenvalue weighted by atomic mass is 16.6. The van der Waals surface area contributed by atoms with Crippen LogP contribution in [0.15, 0.2) is 0 Å². The summed E-state index contributed by atoms with van der Waals surface area (Å²) in [4.78, 5) is 21.3. The molecular formula is C9H14O9. The van der Waals surface area contributed by atoms with E-state index in [4.69, 9.17) is 24.8 Å². The number of aliphatic carboxylic acids is 2. The van der Waals surface area contributed by atoms with Gasteiger partial charge < -0.3 is 35.0 Å². The van der Waals surface area contributed by atoms with Crippen molar-refractivity contribution in [1.82, 2.24) is 0 Å². The SMILES string of the molecule is O=C(O)C(O[C@@H]1[C@H](O)[C@@H](O)CO[C@@H]1CO)C(=O)O. The summed E-state index contributed by atoms with van der Waals surface area (Å²) in [6, 6.07) is 0. The first-order chi connectivity index (χ1) is 8.38. The van der Waals surface area contributed by atoms with Gasteiger partial charge in [0.15, 0.2) is 0 Å². The zero-order valence-corrected chi connectivity index (χ0v) is 9.17. The molecule has 9 heteroatoms. The normalized spacial score (nSPS) is 32.4. The van der Waals surface area contributed by atoms with Gasteiger partial charge in [0.1, 0.15) is 24.4 Å². The lowest BCUT2D eigenvalue weighted by Crippen LogP contribution is -2.57. The van der Waals surface area contributed by atoms with Crippen LogP contribution in [0.2, 0.25) is 0 Å². The molecule has 0 aromatic carbocycles. The van der Waals surface area contributed by atoms with Crippen molar-refractivity contribution in [3.05, 3.63) is 0 Å². The highest BCUT2D eigenvalue weighted by Gasteiger charge is 2.43. The Morgan fingerprint density at radius 3 is 2.28 bits per heavy atom. The van der Waals surface area contributed by atoms with E-state index in [1.54, 1.807) is 0 Å². The fourth-order valence-electron chi connectivity index (χ4n) is 1.56. The van der Waals surface area contributed by atoms with Crippen LogP contribution in [0.25, 0.3) is 0 Å². The molecule has 1 aliphatic rings. The Hall–Kier alpha value is -1.26. The van der Waals surface area contributed by atoms with Gasteiger partial charge in [-0.25, -0.2) is 9.59 Å². The number of hydrogen-bond acceptors (Lipinski definition) is 7. The first-order valence-electron chi connectivity index (χ1n) is 5.08. The monoisotopic (exact) mass is 266 g/mol. The zero-order chi connectivity index (χ0) is 13.9. The summed E-state index contributed by atoms with van der Waals surface area (Å²) in [6.07, 6.45) is -7.66. The van der Waals surface area contributed by atoms with Crippen molar-refractivity contribution in [3.8, 4) is 0 Å². The van der Waals surface area contributed by atoms with Gasteiger partial charge in [-0.15, -0.1) is 0 Å². The van der Waals surface area contributed by atoms with E-state index in [0.717, 1.165) is 0 Å². The van der Waals surface area contributed by atoms with Gasteiger partial charge in [0.05, 0.1) is 13.2 Å². The highest BCUT2D eigenvalue weighted by Crippen LogP contribution is 2.20. The molecule has 18 heavy (non-hydrogen) atoms. The molecule has 9 nitrogen and oxygen atoms in total. The van der Waals surface area contributed by atoms with Gasteiger partial charge >= 0.3 is 11.9 Å². The molecule has 0 aliphatic carbocycles. The maximum atomic E-state index is 10.6. The van der Waals surface area contributed by atoms with E-state index in [1.807, 2.05) is 0 Å². The van der Waals surface area contributed by atoms with Gasteiger partial charge in [-0.3, -0.25) is 0 Å². The van der Waals surface area contributed by atoms with Crippen LogP contribution in [0, 0.1) is 0 Å². The first-order valence-corrected chi connectivity index (χ1v) is 5.08. The Kier molecular flexibility index (Phi) is 4.99. The highest BCUT2D eigenvalue weighted by molar-refractivity contribution is 5.96. The summed E-state index contributed by atoms with van der Waals surface area (Å²) in [7, 11) is 0. The Balaban J connectivity index is 2.82. The molecule has 0 bridgehead atoms. The van der Waals surface area contributed by atoms with Crippen LogP contribution in [0.3, 0.4) is 0 Å². The van der Waals surface area contributed by atoms with E-state index in [0.29, 0.717) is 0 Å². The predicted molar refractivity (Wildman–Crippen MR) is 52.8 cm³/mol. The summed E-state index contributed by atoms with van der Waals surface area (Å²) in [5.41, 5.74) is 0. The van der Waals surface area contributed by atoms with E-state index in [2.05, 4.69) is 0 Å². The molecule has 1 rings (SSSR count). The number of carboxylic acids is 2. The van der Waals surface area contributed by atoms with Crippen LogP contribution in [-0.4, -0.2) is 81.2 Å². The molecule has 1 heterocycles. The van der Waals surface area contributed by atoms with Crippen molar-refractivity contribution in [2.45, 2.75) is 30.5 Å². The topological polar surface area (TPSA) is 154 Å². The van der Waals surface area contributed by atoms with Gasteiger partial charge in [-0.2, -0.15) is 0 Å². The molecule has 1 aliphatic heterocycles. The van der Waals surface area contributed by atoms with Crippen LogP contribution in [0.1, 0.15) is 0 Å². The number of carbonyl (C=O) groups is 2. The molecule has 0 aromatic rings. The molecule has 104 valence electrons. The average molecular weight is 266 g/mol. The Morgan fingerprint density at radius 2 is 1.83 bits per heavy atom. The molecule has 1 saturated heterocycles.